The van der Waals surface area contributed by atoms with Crippen molar-refractivity contribution in [1.82, 2.24) is 15.5 Å². The van der Waals surface area contributed by atoms with E-state index in [1.165, 1.54) is 12.8 Å². The van der Waals surface area contributed by atoms with Gasteiger partial charge in [0.25, 0.3) is 0 Å². The predicted octanol–water partition coefficient (Wildman–Crippen LogP) is 2.60. The van der Waals surface area contributed by atoms with Gasteiger partial charge in [0.05, 0.1) is 6.61 Å². The predicted molar refractivity (Wildman–Crippen MR) is 130 cm³/mol. The third-order valence-electron chi connectivity index (χ3n) is 5.79. The Labute approximate surface area is 191 Å². The molecule has 2 N–H and O–H groups in total. The van der Waals surface area contributed by atoms with E-state index < -0.39 is 10.8 Å². The fourth-order valence-corrected chi connectivity index (χ4v) is 5.45. The third-order valence-corrected chi connectivity index (χ3v) is 7.53. The summed E-state index contributed by atoms with van der Waals surface area (Å²) in [5, 5.41) is 7.37. The molecule has 0 aromatic rings. The van der Waals surface area contributed by atoms with Crippen LogP contribution in [0.15, 0.2) is 4.99 Å². The minimum absolute atomic E-state index is 0. The summed E-state index contributed by atoms with van der Waals surface area (Å²) >= 11 is 0. The van der Waals surface area contributed by atoms with Crippen LogP contribution < -0.4 is 10.6 Å². The molecule has 2 rings (SSSR count). The maximum absolute atomic E-state index is 12.2. The molecule has 8 heteroatoms. The Balaban J connectivity index is 0.00000392. The molecule has 1 heterocycles. The summed E-state index contributed by atoms with van der Waals surface area (Å²) in [6, 6.07) is 0.396. The maximum Gasteiger partial charge on any atom is 0.191 e. The van der Waals surface area contributed by atoms with Crippen molar-refractivity contribution in [3.05, 3.63) is 0 Å². The molecule has 2 fully saturated rings. The second-order valence-corrected chi connectivity index (χ2v) is 9.80. The van der Waals surface area contributed by atoms with Gasteiger partial charge in [0.2, 0.25) is 0 Å². The van der Waals surface area contributed by atoms with Crippen LogP contribution >= 0.6 is 24.0 Å². The summed E-state index contributed by atoms with van der Waals surface area (Å²) in [5.74, 6) is 2.38. The first-order valence-electron chi connectivity index (χ1n) is 10.8. The van der Waals surface area contributed by atoms with Crippen LogP contribution in [-0.4, -0.2) is 78.6 Å². The lowest BCUT2D eigenvalue weighted by Crippen LogP contribution is -2.47. The summed E-state index contributed by atoms with van der Waals surface area (Å²) in [7, 11) is 1.09. The maximum atomic E-state index is 12.2. The first-order valence-corrected chi connectivity index (χ1v) is 12.2. The van der Waals surface area contributed by atoms with Gasteiger partial charge in [-0.05, 0) is 58.0 Å². The first-order chi connectivity index (χ1) is 13.2. The van der Waals surface area contributed by atoms with Crippen molar-refractivity contribution >= 4 is 40.7 Å². The molecule has 1 saturated heterocycles. The van der Waals surface area contributed by atoms with E-state index in [0.717, 1.165) is 76.7 Å². The number of rotatable bonds is 9. The number of hydrogen-bond acceptors (Lipinski definition) is 4. The van der Waals surface area contributed by atoms with Gasteiger partial charge in [0.1, 0.15) is 0 Å². The zero-order chi connectivity index (χ0) is 19.5. The van der Waals surface area contributed by atoms with Crippen LogP contribution in [0, 0.1) is 5.92 Å². The molecule has 3 atom stereocenters. The molecule has 3 unspecified atom stereocenters. The number of aliphatic imine (C=N–C) groups is 1. The molecule has 1 aliphatic carbocycles. The fourth-order valence-electron chi connectivity index (χ4n) is 4.10. The van der Waals surface area contributed by atoms with E-state index in [2.05, 4.69) is 22.5 Å². The van der Waals surface area contributed by atoms with Crippen LogP contribution in [0.2, 0.25) is 0 Å². The smallest absolute Gasteiger partial charge is 0.191 e. The fraction of sp³-hybridized carbons (Fsp3) is 0.950. The second-order valence-electron chi connectivity index (χ2n) is 7.80. The number of guanidine groups is 1. The van der Waals surface area contributed by atoms with Crippen molar-refractivity contribution in [3.63, 3.8) is 0 Å². The van der Waals surface area contributed by atoms with Crippen molar-refractivity contribution in [2.45, 2.75) is 63.7 Å². The van der Waals surface area contributed by atoms with E-state index >= 15 is 0 Å². The van der Waals surface area contributed by atoms with E-state index in [4.69, 9.17) is 9.73 Å². The molecule has 0 aromatic heterocycles. The van der Waals surface area contributed by atoms with Gasteiger partial charge in [-0.2, -0.15) is 0 Å². The second kappa shape index (κ2) is 15.0. The highest BCUT2D eigenvalue weighted by molar-refractivity contribution is 14.0. The summed E-state index contributed by atoms with van der Waals surface area (Å²) in [6.07, 6.45) is 6.85. The van der Waals surface area contributed by atoms with Crippen LogP contribution in [0.4, 0.5) is 0 Å². The number of hydrogen-bond donors (Lipinski definition) is 2. The normalized spacial score (nSPS) is 25.8. The Morgan fingerprint density at radius 3 is 2.61 bits per heavy atom. The van der Waals surface area contributed by atoms with E-state index in [1.807, 2.05) is 6.92 Å². The number of halogens is 1. The average Bonchev–Trinajstić information content (AvgIpc) is 2.71. The van der Waals surface area contributed by atoms with E-state index in [0.29, 0.717) is 17.2 Å². The van der Waals surface area contributed by atoms with Crippen LogP contribution in [-0.2, 0) is 15.5 Å². The molecule has 166 valence electrons. The van der Waals surface area contributed by atoms with Crippen molar-refractivity contribution < 1.29 is 8.95 Å². The zero-order valence-corrected chi connectivity index (χ0v) is 21.1. The SMILES string of the molecule is CCNC(=NCC1CCN(CCOC)CC1)NC1CCCC(S(=O)CC)C1.I. The number of nitrogens with one attached hydrogen (secondary N) is 2. The van der Waals surface area contributed by atoms with Gasteiger partial charge < -0.3 is 20.3 Å². The minimum Gasteiger partial charge on any atom is -0.383 e. The molecule has 1 saturated carbocycles. The Morgan fingerprint density at radius 1 is 1.21 bits per heavy atom. The molecule has 1 aliphatic heterocycles. The molecule has 28 heavy (non-hydrogen) atoms. The minimum atomic E-state index is -0.680. The lowest BCUT2D eigenvalue weighted by atomic mass is 9.95. The van der Waals surface area contributed by atoms with Crippen molar-refractivity contribution in [3.8, 4) is 0 Å². The third kappa shape index (κ3) is 9.26. The lowest BCUT2D eigenvalue weighted by Gasteiger charge is -2.32. The largest absolute Gasteiger partial charge is 0.383 e. The highest BCUT2D eigenvalue weighted by atomic mass is 127. The monoisotopic (exact) mass is 528 g/mol. The van der Waals surface area contributed by atoms with Gasteiger partial charge in [-0.25, -0.2) is 0 Å². The molecular weight excluding hydrogens is 487 g/mol. The highest BCUT2D eigenvalue weighted by Crippen LogP contribution is 2.23. The van der Waals surface area contributed by atoms with Gasteiger partial charge in [-0.3, -0.25) is 9.20 Å². The highest BCUT2D eigenvalue weighted by Gasteiger charge is 2.26. The topological polar surface area (TPSA) is 66.0 Å². The van der Waals surface area contributed by atoms with Gasteiger partial charge in [-0.15, -0.1) is 24.0 Å². The zero-order valence-electron chi connectivity index (χ0n) is 18.0. The Morgan fingerprint density at radius 2 is 1.96 bits per heavy atom. The van der Waals surface area contributed by atoms with Crippen LogP contribution in [0.1, 0.15) is 52.4 Å². The number of ether oxygens (including phenoxy) is 1. The average molecular weight is 529 g/mol. The quantitative estimate of drug-likeness (QED) is 0.274. The van der Waals surface area contributed by atoms with Gasteiger partial charge in [0.15, 0.2) is 5.96 Å². The Hall–Kier alpha value is 0.0700. The first kappa shape index (κ1) is 26.1. The van der Waals surface area contributed by atoms with Gasteiger partial charge in [0, 0.05) is 54.6 Å². The number of methoxy groups -OCH3 is 1. The van der Waals surface area contributed by atoms with Crippen molar-refractivity contribution in [2.24, 2.45) is 10.9 Å². The van der Waals surface area contributed by atoms with Crippen molar-refractivity contribution in [2.75, 3.05) is 52.2 Å². The summed E-state index contributed by atoms with van der Waals surface area (Å²) in [5.41, 5.74) is 0. The Bertz CT molecular complexity index is 473. The molecule has 0 aromatic carbocycles. The van der Waals surface area contributed by atoms with Crippen molar-refractivity contribution in [1.29, 1.82) is 0 Å². The number of piperidine rings is 1. The van der Waals surface area contributed by atoms with E-state index in [9.17, 15) is 4.21 Å². The summed E-state index contributed by atoms with van der Waals surface area (Å²) < 4.78 is 17.4. The summed E-state index contributed by atoms with van der Waals surface area (Å²) in [4.78, 5) is 7.37. The van der Waals surface area contributed by atoms with Crippen LogP contribution in [0.5, 0.6) is 0 Å². The van der Waals surface area contributed by atoms with E-state index in [1.54, 1.807) is 7.11 Å². The standard InChI is InChI=1S/C20H40N4O2S.HI/c1-4-21-20(23-18-7-6-8-19(15-18)27(25)5-2)22-16-17-9-11-24(12-10-17)13-14-26-3;/h17-19H,4-16H2,1-3H3,(H2,21,22,23);1H. The molecule has 0 radical (unpaired) electrons. The molecule has 2 aliphatic rings. The number of nitrogens with zero attached hydrogens (tertiary/aromatic N) is 2. The van der Waals surface area contributed by atoms with Crippen LogP contribution in [0.3, 0.4) is 0 Å². The molecule has 0 bridgehead atoms. The summed E-state index contributed by atoms with van der Waals surface area (Å²) in [6.45, 7) is 10.1. The molecule has 0 spiro atoms. The van der Waals surface area contributed by atoms with E-state index in [-0.39, 0.29) is 24.0 Å². The lowest BCUT2D eigenvalue weighted by molar-refractivity contribution is 0.121. The van der Waals surface area contributed by atoms with Gasteiger partial charge in [-0.1, -0.05) is 13.3 Å². The molecule has 0 amide bonds. The number of likely N-dealkylation sites (tertiary alicyclic amines) is 1. The molecule has 6 nitrogen and oxygen atoms in total. The molecular formula is C20H41IN4O2S. The Kier molecular flexibility index (Phi) is 13.9. The van der Waals surface area contributed by atoms with Gasteiger partial charge >= 0.3 is 0 Å². The van der Waals surface area contributed by atoms with Crippen LogP contribution in [0.25, 0.3) is 0 Å².